The van der Waals surface area contributed by atoms with Gasteiger partial charge in [-0.25, -0.2) is 13.6 Å². The molecule has 0 fully saturated rings. The van der Waals surface area contributed by atoms with E-state index < -0.39 is 10.0 Å². The molecule has 0 saturated carbocycles. The minimum Gasteiger partial charge on any atom is -0.486 e. The van der Waals surface area contributed by atoms with E-state index in [1.54, 1.807) is 30.3 Å². The van der Waals surface area contributed by atoms with E-state index in [9.17, 15) is 13.2 Å². The fourth-order valence-corrected chi connectivity index (χ4v) is 4.55. The third kappa shape index (κ3) is 4.42. The molecule has 0 aliphatic rings. The van der Waals surface area contributed by atoms with Crippen LogP contribution in [0.25, 0.3) is 22.4 Å². The number of hydrogen-bond donors (Lipinski definition) is 1. The molecule has 0 amide bonds. The third-order valence-corrected chi connectivity index (χ3v) is 6.59. The Morgan fingerprint density at radius 1 is 1.06 bits per heavy atom. The van der Waals surface area contributed by atoms with Crippen LogP contribution in [0.3, 0.4) is 0 Å². The lowest BCUT2D eigenvalue weighted by Gasteiger charge is -2.01. The molecule has 0 bridgehead atoms. The van der Waals surface area contributed by atoms with Crippen molar-refractivity contribution in [3.05, 3.63) is 93.2 Å². The zero-order chi connectivity index (χ0) is 23.0. The van der Waals surface area contributed by atoms with Crippen LogP contribution in [0.5, 0.6) is 5.75 Å². The summed E-state index contributed by atoms with van der Waals surface area (Å²) in [5, 5.41) is 9.36. The Morgan fingerprint density at radius 3 is 2.52 bits per heavy atom. The molecule has 9 nitrogen and oxygen atoms in total. The molecule has 3 heterocycles. The molecular weight excluding hydrogens is 464 g/mol. The first-order valence-electron chi connectivity index (χ1n) is 9.68. The molecule has 0 unspecified atom stereocenters. The minimum absolute atomic E-state index is 0.0172. The van der Waals surface area contributed by atoms with E-state index in [-0.39, 0.29) is 17.1 Å². The van der Waals surface area contributed by atoms with Crippen LogP contribution in [0.2, 0.25) is 0 Å². The van der Waals surface area contributed by atoms with Crippen LogP contribution in [0, 0.1) is 0 Å². The fraction of sp³-hybridized carbons (Fsp3) is 0.0455. The molecule has 0 atom stereocenters. The molecule has 11 heteroatoms. The average Bonchev–Trinajstić information content (AvgIpc) is 3.50. The fourth-order valence-electron chi connectivity index (χ4n) is 3.12. The highest BCUT2D eigenvalue weighted by Crippen LogP contribution is 2.24. The Bertz CT molecular complexity index is 1650. The standard InChI is InChI=1S/C22H16N4O5S2/c23-33(28,29)17-9-6-14(7-10-17)18-11-8-16(31-18)12-19-21(27)26-22(32-19)24-20(25-26)13-30-15-4-2-1-3-5-15/h1-12H,13H2,(H2,23,28,29). The predicted molar refractivity (Wildman–Crippen MR) is 122 cm³/mol. The van der Waals surface area contributed by atoms with Crippen LogP contribution in [0.1, 0.15) is 11.6 Å². The number of fused-ring (bicyclic) bond motifs is 1. The van der Waals surface area contributed by atoms with Gasteiger partial charge in [0.25, 0.3) is 5.56 Å². The quantitative estimate of drug-likeness (QED) is 0.394. The maximum absolute atomic E-state index is 12.7. The monoisotopic (exact) mass is 480 g/mol. The number of aromatic nitrogens is 3. The van der Waals surface area contributed by atoms with Gasteiger partial charge in [-0.3, -0.25) is 4.79 Å². The minimum atomic E-state index is -3.76. The van der Waals surface area contributed by atoms with Crippen molar-refractivity contribution in [1.29, 1.82) is 0 Å². The number of para-hydroxylation sites is 1. The zero-order valence-corrected chi connectivity index (χ0v) is 18.5. The Morgan fingerprint density at radius 2 is 1.82 bits per heavy atom. The summed E-state index contributed by atoms with van der Waals surface area (Å²) in [7, 11) is -3.76. The largest absolute Gasteiger partial charge is 0.486 e. The predicted octanol–water partition coefficient (Wildman–Crippen LogP) is 2.19. The number of benzene rings is 2. The molecule has 2 N–H and O–H groups in total. The molecular formula is C22H16N4O5S2. The van der Waals surface area contributed by atoms with Crippen LogP contribution in [0.15, 0.2) is 80.8 Å². The summed E-state index contributed by atoms with van der Waals surface area (Å²) in [5.41, 5.74) is 0.374. The van der Waals surface area contributed by atoms with Gasteiger partial charge in [-0.1, -0.05) is 29.5 Å². The van der Waals surface area contributed by atoms with Crippen molar-refractivity contribution < 1.29 is 17.6 Å². The normalized spacial score (nSPS) is 12.5. The Labute approximate surface area is 191 Å². The second kappa shape index (κ2) is 8.28. The number of rotatable bonds is 6. The molecule has 0 aliphatic carbocycles. The summed E-state index contributed by atoms with van der Waals surface area (Å²) < 4.78 is 35.9. The molecule has 0 radical (unpaired) electrons. The van der Waals surface area contributed by atoms with Crippen LogP contribution >= 0.6 is 11.3 Å². The van der Waals surface area contributed by atoms with Crippen molar-refractivity contribution in [1.82, 2.24) is 14.6 Å². The Balaban J connectivity index is 1.37. The number of primary sulfonamides is 1. The van der Waals surface area contributed by atoms with Gasteiger partial charge in [0.05, 0.1) is 4.90 Å². The number of furan rings is 1. The van der Waals surface area contributed by atoms with Crippen molar-refractivity contribution in [3.8, 4) is 17.1 Å². The van der Waals surface area contributed by atoms with Crippen molar-refractivity contribution in [2.75, 3.05) is 0 Å². The number of hydrogen-bond acceptors (Lipinski definition) is 8. The third-order valence-electron chi connectivity index (χ3n) is 4.70. The molecule has 33 heavy (non-hydrogen) atoms. The van der Waals surface area contributed by atoms with Crippen LogP contribution in [-0.4, -0.2) is 23.0 Å². The van der Waals surface area contributed by atoms with E-state index in [0.29, 0.717) is 38.2 Å². The topological polar surface area (TPSA) is 130 Å². The molecule has 166 valence electrons. The van der Waals surface area contributed by atoms with Gasteiger partial charge in [-0.05, 0) is 48.5 Å². The number of sulfonamides is 1. The highest BCUT2D eigenvalue weighted by molar-refractivity contribution is 7.89. The number of nitrogens with zero attached hydrogens (tertiary/aromatic N) is 3. The van der Waals surface area contributed by atoms with E-state index in [0.717, 1.165) is 0 Å². The summed E-state index contributed by atoms with van der Waals surface area (Å²) in [6.45, 7) is 0.155. The molecule has 0 saturated heterocycles. The smallest absolute Gasteiger partial charge is 0.291 e. The molecule has 0 aliphatic heterocycles. The van der Waals surface area contributed by atoms with E-state index >= 15 is 0 Å². The second-order valence-corrected chi connectivity index (χ2v) is 9.58. The van der Waals surface area contributed by atoms with Crippen molar-refractivity contribution >= 4 is 32.4 Å². The average molecular weight is 481 g/mol. The number of thiazole rings is 1. The van der Waals surface area contributed by atoms with Gasteiger partial charge >= 0.3 is 0 Å². The van der Waals surface area contributed by atoms with Gasteiger partial charge in [0.15, 0.2) is 5.82 Å². The van der Waals surface area contributed by atoms with E-state index in [4.69, 9.17) is 14.3 Å². The first-order valence-corrected chi connectivity index (χ1v) is 12.0. The highest BCUT2D eigenvalue weighted by Gasteiger charge is 2.12. The molecule has 5 rings (SSSR count). The maximum atomic E-state index is 12.7. The highest BCUT2D eigenvalue weighted by atomic mass is 32.2. The Kier molecular flexibility index (Phi) is 5.29. The lowest BCUT2D eigenvalue weighted by atomic mass is 10.2. The van der Waals surface area contributed by atoms with Crippen LogP contribution in [-0.2, 0) is 16.6 Å². The van der Waals surface area contributed by atoms with Crippen molar-refractivity contribution in [2.45, 2.75) is 11.5 Å². The second-order valence-electron chi connectivity index (χ2n) is 7.01. The van der Waals surface area contributed by atoms with Gasteiger partial charge < -0.3 is 9.15 Å². The Hall–Kier alpha value is -3.80. The maximum Gasteiger partial charge on any atom is 0.291 e. The zero-order valence-electron chi connectivity index (χ0n) is 16.9. The first-order chi connectivity index (χ1) is 15.9. The summed E-state index contributed by atoms with van der Waals surface area (Å²) in [6, 6.07) is 18.8. The molecule has 5 aromatic rings. The molecule has 3 aromatic heterocycles. The molecule has 2 aromatic carbocycles. The lowest BCUT2D eigenvalue weighted by Crippen LogP contribution is -2.23. The lowest BCUT2D eigenvalue weighted by molar-refractivity contribution is 0.296. The van der Waals surface area contributed by atoms with Gasteiger partial charge in [0.2, 0.25) is 15.0 Å². The van der Waals surface area contributed by atoms with Gasteiger partial charge in [0, 0.05) is 11.6 Å². The molecule has 0 spiro atoms. The van der Waals surface area contributed by atoms with Crippen molar-refractivity contribution in [2.24, 2.45) is 5.14 Å². The summed E-state index contributed by atoms with van der Waals surface area (Å²) in [5.74, 6) is 2.10. The number of nitrogens with two attached hydrogens (primary N) is 1. The summed E-state index contributed by atoms with van der Waals surface area (Å²) in [4.78, 5) is 17.6. The van der Waals surface area contributed by atoms with Crippen LogP contribution < -0.4 is 20.0 Å². The summed E-state index contributed by atoms with van der Waals surface area (Å²) in [6.07, 6.45) is 1.62. The summed E-state index contributed by atoms with van der Waals surface area (Å²) >= 11 is 1.20. The van der Waals surface area contributed by atoms with Gasteiger partial charge in [0.1, 0.15) is 28.4 Å². The van der Waals surface area contributed by atoms with E-state index in [1.165, 1.54) is 28.0 Å². The van der Waals surface area contributed by atoms with Crippen LogP contribution in [0.4, 0.5) is 0 Å². The van der Waals surface area contributed by atoms with Gasteiger partial charge in [-0.15, -0.1) is 5.10 Å². The van der Waals surface area contributed by atoms with E-state index in [2.05, 4.69) is 10.1 Å². The SMILES string of the molecule is NS(=O)(=O)c1ccc(-c2ccc(C=c3sc4nc(COc5ccccc5)nn4c3=O)o2)cc1. The number of ether oxygens (including phenoxy) is 1. The first kappa shape index (κ1) is 21.1. The van der Waals surface area contributed by atoms with Crippen molar-refractivity contribution in [3.63, 3.8) is 0 Å². The van der Waals surface area contributed by atoms with Gasteiger partial charge in [-0.2, -0.15) is 9.50 Å². The van der Waals surface area contributed by atoms with E-state index in [1.807, 2.05) is 30.3 Å².